The molecule has 1 aromatic heterocycles. The molecule has 0 radical (unpaired) electrons. The van der Waals surface area contributed by atoms with Gasteiger partial charge in [-0.1, -0.05) is 0 Å². The maximum atomic E-state index is 6.02. The Morgan fingerprint density at radius 2 is 1.30 bits per heavy atom. The van der Waals surface area contributed by atoms with Crippen LogP contribution in [0.25, 0.3) is 11.3 Å². The Morgan fingerprint density at radius 1 is 0.741 bits per heavy atom. The van der Waals surface area contributed by atoms with Crippen molar-refractivity contribution in [3.63, 3.8) is 0 Å². The van der Waals surface area contributed by atoms with Gasteiger partial charge >= 0.3 is 175 Å². The zero-order valence-corrected chi connectivity index (χ0v) is 18.2. The monoisotopic (exact) mass is 451 g/mol. The summed E-state index contributed by atoms with van der Waals surface area (Å²) in [5.41, 5.74) is 5.02. The van der Waals surface area contributed by atoms with Crippen molar-refractivity contribution in [2.24, 2.45) is 0 Å². The van der Waals surface area contributed by atoms with Gasteiger partial charge in [0.1, 0.15) is 0 Å². The molecule has 0 spiro atoms. The SMILES string of the molecule is Clc1ccc(-c2csc([As](Cc3ccccc3)Cc3ccccc3)n2)cc1. The third-order valence-electron chi connectivity index (χ3n) is 4.34. The second-order valence-electron chi connectivity index (χ2n) is 6.35. The van der Waals surface area contributed by atoms with Crippen LogP contribution in [0.3, 0.4) is 0 Å². The van der Waals surface area contributed by atoms with Crippen LogP contribution < -0.4 is 3.80 Å². The van der Waals surface area contributed by atoms with Gasteiger partial charge in [0.05, 0.1) is 0 Å². The Hall–Kier alpha value is -1.86. The first-order valence-electron chi connectivity index (χ1n) is 8.82. The van der Waals surface area contributed by atoms with Crippen LogP contribution in [0, 0.1) is 0 Å². The summed E-state index contributed by atoms with van der Waals surface area (Å²) in [4.78, 5) is 5.04. The number of thiazole rings is 1. The van der Waals surface area contributed by atoms with E-state index < -0.39 is 14.7 Å². The molecule has 27 heavy (non-hydrogen) atoms. The van der Waals surface area contributed by atoms with Crippen LogP contribution >= 0.6 is 22.9 Å². The van der Waals surface area contributed by atoms with Crippen molar-refractivity contribution in [2.45, 2.75) is 10.4 Å². The molecule has 0 bridgehead atoms. The Balaban J connectivity index is 1.62. The summed E-state index contributed by atoms with van der Waals surface area (Å²) in [6, 6.07) is 29.6. The van der Waals surface area contributed by atoms with Crippen LogP contribution in [-0.4, -0.2) is 19.6 Å². The third kappa shape index (κ3) is 4.90. The number of aromatic nitrogens is 1. The summed E-state index contributed by atoms with van der Waals surface area (Å²) in [6.45, 7) is 0. The van der Waals surface area contributed by atoms with Crippen LogP contribution in [0.4, 0.5) is 0 Å². The van der Waals surface area contributed by atoms with Gasteiger partial charge in [-0.05, 0) is 0 Å². The number of nitrogens with zero attached hydrogens (tertiary/aromatic N) is 1. The molecule has 3 aromatic carbocycles. The van der Waals surface area contributed by atoms with E-state index in [1.54, 1.807) is 0 Å². The van der Waals surface area contributed by atoms with Crippen molar-refractivity contribution >= 4 is 41.4 Å². The zero-order valence-electron chi connectivity index (χ0n) is 14.8. The second-order valence-corrected chi connectivity index (χ2v) is 12.8. The third-order valence-corrected chi connectivity index (χ3v) is 11.7. The predicted molar refractivity (Wildman–Crippen MR) is 118 cm³/mol. The Morgan fingerprint density at radius 3 is 1.85 bits per heavy atom. The summed E-state index contributed by atoms with van der Waals surface area (Å²) in [5, 5.41) is 5.22. The van der Waals surface area contributed by atoms with Crippen molar-refractivity contribution in [1.29, 1.82) is 0 Å². The van der Waals surface area contributed by atoms with Crippen LogP contribution in [-0.2, 0) is 10.4 Å². The van der Waals surface area contributed by atoms with Crippen molar-refractivity contribution in [1.82, 2.24) is 4.98 Å². The fraction of sp³-hybridized carbons (Fsp3) is 0.0870. The van der Waals surface area contributed by atoms with E-state index in [1.165, 1.54) is 14.9 Å². The normalized spacial score (nSPS) is 11.0. The molecular formula is C23H19AsClNS. The van der Waals surface area contributed by atoms with Gasteiger partial charge in [-0.25, -0.2) is 0 Å². The van der Waals surface area contributed by atoms with Gasteiger partial charge in [0.25, 0.3) is 0 Å². The van der Waals surface area contributed by atoms with Gasteiger partial charge in [0.2, 0.25) is 0 Å². The molecule has 0 aliphatic heterocycles. The molecule has 0 N–H and O–H groups in total. The molecule has 0 amide bonds. The van der Waals surface area contributed by atoms with Crippen molar-refractivity contribution in [2.75, 3.05) is 0 Å². The number of hydrogen-bond acceptors (Lipinski definition) is 2. The molecule has 4 heteroatoms. The Labute approximate surface area is 173 Å². The van der Waals surface area contributed by atoms with Gasteiger partial charge in [0, 0.05) is 0 Å². The second kappa shape index (κ2) is 8.88. The molecule has 4 rings (SSSR count). The Kier molecular flexibility index (Phi) is 6.09. The van der Waals surface area contributed by atoms with Crippen LogP contribution in [0.15, 0.2) is 90.3 Å². The molecule has 4 aromatic rings. The summed E-state index contributed by atoms with van der Waals surface area (Å²) < 4.78 is 1.33. The molecule has 0 aliphatic rings. The quantitative estimate of drug-likeness (QED) is 0.341. The predicted octanol–water partition coefficient (Wildman–Crippen LogP) is 5.73. The molecule has 1 nitrogen and oxygen atoms in total. The minimum atomic E-state index is -1.36. The summed E-state index contributed by atoms with van der Waals surface area (Å²) >= 11 is 6.48. The number of halogens is 1. The van der Waals surface area contributed by atoms with Crippen molar-refractivity contribution in [3.05, 3.63) is 106 Å². The van der Waals surface area contributed by atoms with Crippen LogP contribution in [0.2, 0.25) is 5.02 Å². The van der Waals surface area contributed by atoms with Gasteiger partial charge in [-0.15, -0.1) is 0 Å². The van der Waals surface area contributed by atoms with Gasteiger partial charge in [0.15, 0.2) is 0 Å². The number of benzene rings is 3. The molecule has 0 fully saturated rings. The summed E-state index contributed by atoms with van der Waals surface area (Å²) in [7, 11) is 0. The fourth-order valence-electron chi connectivity index (χ4n) is 2.96. The van der Waals surface area contributed by atoms with E-state index in [-0.39, 0.29) is 0 Å². The maximum absolute atomic E-state index is 6.02. The van der Waals surface area contributed by atoms with E-state index in [4.69, 9.17) is 16.6 Å². The van der Waals surface area contributed by atoms with Gasteiger partial charge in [-0.2, -0.15) is 0 Å². The molecule has 0 atom stereocenters. The average molecular weight is 452 g/mol. The topological polar surface area (TPSA) is 12.9 Å². The van der Waals surface area contributed by atoms with Crippen molar-refractivity contribution in [3.8, 4) is 11.3 Å². The van der Waals surface area contributed by atoms with E-state index in [1.807, 2.05) is 35.6 Å². The molecular weight excluding hydrogens is 433 g/mol. The van der Waals surface area contributed by atoms with Crippen LogP contribution in [0.1, 0.15) is 11.1 Å². The van der Waals surface area contributed by atoms with E-state index >= 15 is 0 Å². The molecule has 1 heterocycles. The van der Waals surface area contributed by atoms with Crippen molar-refractivity contribution < 1.29 is 0 Å². The summed E-state index contributed by atoms with van der Waals surface area (Å²) in [6.07, 6.45) is 0. The van der Waals surface area contributed by atoms with E-state index in [0.717, 1.165) is 26.7 Å². The first-order valence-corrected chi connectivity index (χ1v) is 13.7. The molecule has 0 aliphatic carbocycles. The number of rotatable bonds is 6. The van der Waals surface area contributed by atoms with E-state index in [2.05, 4.69) is 66.0 Å². The Bertz CT molecular complexity index is 942. The van der Waals surface area contributed by atoms with E-state index in [9.17, 15) is 0 Å². The molecule has 0 saturated carbocycles. The van der Waals surface area contributed by atoms with Crippen LogP contribution in [0.5, 0.6) is 0 Å². The zero-order chi connectivity index (χ0) is 18.5. The van der Waals surface area contributed by atoms with E-state index in [0.29, 0.717) is 0 Å². The molecule has 134 valence electrons. The average Bonchev–Trinajstić information content (AvgIpc) is 3.20. The first kappa shape index (κ1) is 18.5. The van der Waals surface area contributed by atoms with Gasteiger partial charge < -0.3 is 0 Å². The molecule has 0 unspecified atom stereocenters. The van der Waals surface area contributed by atoms with Gasteiger partial charge in [-0.3, -0.25) is 0 Å². The minimum absolute atomic E-state index is 0.759. The standard InChI is InChI=1S/C23H19AsClNS/c25-21-13-11-20(12-14-21)22-17-27-23(26-22)24(15-18-7-3-1-4-8-18)16-19-9-5-2-6-10-19/h1-14,17H,15-16H2. The number of hydrogen-bond donors (Lipinski definition) is 0. The first-order chi connectivity index (χ1) is 13.3. The fourth-order valence-corrected chi connectivity index (χ4v) is 9.79. The molecule has 0 saturated heterocycles. The summed E-state index contributed by atoms with van der Waals surface area (Å²) in [5.74, 6) is 0.